The molecule has 5 heterocycles. The van der Waals surface area contributed by atoms with E-state index in [-0.39, 0.29) is 11.6 Å². The van der Waals surface area contributed by atoms with Gasteiger partial charge in [0.2, 0.25) is 0 Å². The Labute approximate surface area is 342 Å². The number of halogens is 4. The van der Waals surface area contributed by atoms with E-state index in [1.165, 1.54) is 46.7 Å². The summed E-state index contributed by atoms with van der Waals surface area (Å²) in [5.41, 5.74) is 4.34. The van der Waals surface area contributed by atoms with Gasteiger partial charge in [-0.15, -0.1) is 5.10 Å². The predicted octanol–water partition coefficient (Wildman–Crippen LogP) is 6.45. The lowest BCUT2D eigenvalue weighted by Gasteiger charge is -2.31. The number of carbonyl (C=O) groups is 2. The molecule has 0 bridgehead atoms. The van der Waals surface area contributed by atoms with Gasteiger partial charge in [-0.05, 0) is 65.3 Å². The highest BCUT2D eigenvalue weighted by Gasteiger charge is 2.27. The van der Waals surface area contributed by atoms with Crippen LogP contribution in [0.1, 0.15) is 72.6 Å². The number of hydrogen-bond acceptors (Lipinski definition) is 12. The quantitative estimate of drug-likeness (QED) is 0.123. The molecule has 15 nitrogen and oxygen atoms in total. The second-order valence-corrected chi connectivity index (χ2v) is 14.5. The van der Waals surface area contributed by atoms with Crippen LogP contribution in [0.2, 0.25) is 0 Å². The minimum Gasteiger partial charge on any atom is -0.333 e. The molecule has 7 rings (SSSR count). The van der Waals surface area contributed by atoms with Crippen molar-refractivity contribution in [2.45, 2.75) is 40.5 Å². The molecule has 0 unspecified atom stereocenters. The van der Waals surface area contributed by atoms with Gasteiger partial charge in [-0.2, -0.15) is 10.1 Å². The van der Waals surface area contributed by atoms with Gasteiger partial charge in [0.05, 0.1) is 49.8 Å². The van der Waals surface area contributed by atoms with E-state index in [1.807, 2.05) is 4.90 Å². The molecule has 2 aliphatic rings. The monoisotopic (exact) mass is 823 g/mol. The number of tetrazole rings is 1. The van der Waals surface area contributed by atoms with Crippen molar-refractivity contribution >= 4 is 40.5 Å². The van der Waals surface area contributed by atoms with Crippen molar-refractivity contribution in [1.82, 2.24) is 45.0 Å². The van der Waals surface area contributed by atoms with E-state index in [1.54, 1.807) is 18.1 Å². The molecule has 0 spiro atoms. The third-order valence-electron chi connectivity index (χ3n) is 9.88. The number of rotatable bonds is 9. The van der Waals surface area contributed by atoms with Gasteiger partial charge in [0.25, 0.3) is 17.8 Å². The van der Waals surface area contributed by atoms with Crippen molar-refractivity contribution in [3.63, 3.8) is 0 Å². The highest BCUT2D eigenvalue weighted by molar-refractivity contribution is 6.04. The van der Waals surface area contributed by atoms with Gasteiger partial charge in [0.15, 0.2) is 17.8 Å². The van der Waals surface area contributed by atoms with Crippen molar-refractivity contribution in [2.75, 3.05) is 41.7 Å². The Morgan fingerprint density at radius 2 is 1.17 bits per heavy atom. The topological polar surface area (TPSA) is 184 Å². The Bertz CT molecular complexity index is 2440. The number of amides is 2. The number of benzene rings is 2. The molecular formula is C41H41F4N13O2. The molecule has 310 valence electrons. The second-order valence-electron chi connectivity index (χ2n) is 14.5. The summed E-state index contributed by atoms with van der Waals surface area (Å²) in [4.78, 5) is 46.7. The second kappa shape index (κ2) is 18.7. The van der Waals surface area contributed by atoms with Crippen LogP contribution in [0.3, 0.4) is 0 Å². The summed E-state index contributed by atoms with van der Waals surface area (Å²) in [5, 5.41) is 26.2. The lowest BCUT2D eigenvalue weighted by Crippen LogP contribution is -2.33. The number of nitrogens with zero attached hydrogens (tertiary/aromatic N) is 11. The predicted molar refractivity (Wildman–Crippen MR) is 214 cm³/mol. The van der Waals surface area contributed by atoms with Gasteiger partial charge in [0, 0.05) is 19.6 Å². The summed E-state index contributed by atoms with van der Waals surface area (Å²) in [6, 6.07) is 6.44. The molecule has 0 fully saturated rings. The molecular weight excluding hydrogens is 783 g/mol. The van der Waals surface area contributed by atoms with Gasteiger partial charge >= 0.3 is 0 Å². The summed E-state index contributed by atoms with van der Waals surface area (Å²) in [7, 11) is 1.71. The Hall–Kier alpha value is -7.10. The molecule has 0 saturated carbocycles. The van der Waals surface area contributed by atoms with E-state index < -0.39 is 46.2 Å². The summed E-state index contributed by atoms with van der Waals surface area (Å²) in [5.74, 6) is -4.33. The summed E-state index contributed by atoms with van der Waals surface area (Å²) < 4.78 is 55.1. The van der Waals surface area contributed by atoms with Crippen molar-refractivity contribution < 1.29 is 27.2 Å². The first kappa shape index (κ1) is 42.5. The van der Waals surface area contributed by atoms with Crippen LogP contribution in [-0.2, 0) is 7.05 Å². The third kappa shape index (κ3) is 9.77. The number of nitriles is 1. The minimum absolute atomic E-state index is 0.0797. The molecule has 5 aromatic rings. The number of aryl methyl sites for hydroxylation is 1. The Kier molecular flexibility index (Phi) is 13.2. The SMILES string of the molecule is CC(C)C1=C(c2cnc(NC(=O)c3c(F)cccc3F)cn2)CN(C#N)CC1.CC(C)C1=C(c2cnc(NC(=O)c3c(F)cccc3F)cn2)CN(c2nnn(C)n2)CC1. The maximum absolute atomic E-state index is 13.8. The average Bonchev–Trinajstić information content (AvgIpc) is 3.67. The summed E-state index contributed by atoms with van der Waals surface area (Å²) in [6.07, 6.45) is 9.48. The fraction of sp³-hybridized carbons (Fsp3) is 0.317. The molecule has 19 heteroatoms. The molecule has 0 saturated heterocycles. The normalized spacial score (nSPS) is 14.2. The van der Waals surface area contributed by atoms with Gasteiger partial charge < -0.3 is 20.4 Å². The van der Waals surface area contributed by atoms with Crippen LogP contribution in [0.15, 0.2) is 72.3 Å². The van der Waals surface area contributed by atoms with Gasteiger partial charge in [-0.3, -0.25) is 19.6 Å². The van der Waals surface area contributed by atoms with Crippen LogP contribution in [0.4, 0.5) is 35.1 Å². The molecule has 2 amide bonds. The maximum atomic E-state index is 13.8. The fourth-order valence-electron chi connectivity index (χ4n) is 6.86. The van der Waals surface area contributed by atoms with Crippen LogP contribution in [0.5, 0.6) is 0 Å². The minimum atomic E-state index is -0.951. The lowest BCUT2D eigenvalue weighted by atomic mass is 9.89. The zero-order chi connectivity index (χ0) is 43.1. The van der Waals surface area contributed by atoms with Crippen molar-refractivity contribution in [3.05, 3.63) is 118 Å². The lowest BCUT2D eigenvalue weighted by molar-refractivity contribution is 0.101. The number of anilines is 3. The Balaban J connectivity index is 0.000000203. The number of nitrogens with one attached hydrogen (secondary N) is 2. The van der Waals surface area contributed by atoms with Crippen LogP contribution in [0, 0.1) is 46.6 Å². The zero-order valence-electron chi connectivity index (χ0n) is 33.4. The van der Waals surface area contributed by atoms with Gasteiger partial charge in [-0.1, -0.05) is 56.1 Å². The van der Waals surface area contributed by atoms with Gasteiger partial charge in [-0.25, -0.2) is 27.5 Å². The molecule has 3 aromatic heterocycles. The highest BCUT2D eigenvalue weighted by atomic mass is 19.1. The molecule has 0 radical (unpaired) electrons. The van der Waals surface area contributed by atoms with E-state index in [9.17, 15) is 32.4 Å². The molecule has 0 aliphatic carbocycles. The van der Waals surface area contributed by atoms with Crippen LogP contribution < -0.4 is 15.5 Å². The average molecular weight is 824 g/mol. The third-order valence-corrected chi connectivity index (χ3v) is 9.88. The molecule has 2 aromatic carbocycles. The van der Waals surface area contributed by atoms with Crippen LogP contribution in [0.25, 0.3) is 11.1 Å². The Morgan fingerprint density at radius 3 is 1.57 bits per heavy atom. The van der Waals surface area contributed by atoms with E-state index in [0.717, 1.165) is 54.8 Å². The first-order valence-corrected chi connectivity index (χ1v) is 19.0. The highest BCUT2D eigenvalue weighted by Crippen LogP contribution is 2.32. The molecule has 60 heavy (non-hydrogen) atoms. The number of hydrogen-bond donors (Lipinski definition) is 2. The van der Waals surface area contributed by atoms with Crippen LogP contribution in [-0.4, -0.2) is 83.0 Å². The molecule has 0 atom stereocenters. The standard InChI is InChI=1S/C21H22F2N8O.C20H19F2N5O/c1-12(2)13-7-8-31(21-27-29-30(3)28-21)11-14(13)17-9-25-18(10-24-17)26-20(32)19-15(22)5-4-6-16(19)23;1-12(2)13-6-7-27(11-23)10-14(13)17-8-25-18(9-24-17)26-20(28)19-15(21)4-3-5-16(19)22/h4-6,9-10,12H,7-8,11H2,1-3H3,(H,25,26,32);3-5,8-9,12H,6-7,10H2,1-2H3,(H,25,26,28). The largest absolute Gasteiger partial charge is 0.333 e. The fourth-order valence-corrected chi connectivity index (χ4v) is 6.86. The zero-order valence-corrected chi connectivity index (χ0v) is 33.4. The van der Waals surface area contributed by atoms with Gasteiger partial charge in [0.1, 0.15) is 34.4 Å². The smallest absolute Gasteiger partial charge is 0.266 e. The molecule has 2 N–H and O–H groups in total. The maximum Gasteiger partial charge on any atom is 0.266 e. The van der Waals surface area contributed by atoms with Crippen molar-refractivity contribution in [2.24, 2.45) is 18.9 Å². The van der Waals surface area contributed by atoms with Crippen LogP contribution >= 0.6 is 0 Å². The molecule has 2 aliphatic heterocycles. The van der Waals surface area contributed by atoms with E-state index in [0.29, 0.717) is 48.8 Å². The van der Waals surface area contributed by atoms with Crippen molar-refractivity contribution in [3.8, 4) is 6.19 Å². The van der Waals surface area contributed by atoms with E-state index in [4.69, 9.17) is 0 Å². The number of carbonyl (C=O) groups excluding carboxylic acids is 2. The van der Waals surface area contributed by atoms with E-state index in [2.05, 4.69) is 79.9 Å². The van der Waals surface area contributed by atoms with Crippen molar-refractivity contribution in [1.29, 1.82) is 5.26 Å². The Morgan fingerprint density at radius 1 is 0.700 bits per heavy atom. The van der Waals surface area contributed by atoms with E-state index >= 15 is 0 Å². The number of aromatic nitrogens is 8. The summed E-state index contributed by atoms with van der Waals surface area (Å²) in [6.45, 7) is 10.8. The summed E-state index contributed by atoms with van der Waals surface area (Å²) >= 11 is 0. The first-order chi connectivity index (χ1) is 28.7. The first-order valence-electron chi connectivity index (χ1n) is 19.0.